The predicted octanol–water partition coefficient (Wildman–Crippen LogP) is 1.94. The number of para-hydroxylation sites is 1. The summed E-state index contributed by atoms with van der Waals surface area (Å²) < 4.78 is 0. The molecule has 1 N–H and O–H groups in total. The van der Waals surface area contributed by atoms with Gasteiger partial charge in [-0.2, -0.15) is 0 Å². The molecule has 0 radical (unpaired) electrons. The van der Waals surface area contributed by atoms with Crippen LogP contribution in [0, 0.1) is 0 Å². The van der Waals surface area contributed by atoms with E-state index >= 15 is 0 Å². The molecule has 4 heteroatoms. The van der Waals surface area contributed by atoms with Crippen molar-refractivity contribution in [2.45, 2.75) is 18.8 Å². The molecule has 4 nitrogen and oxygen atoms in total. The van der Waals surface area contributed by atoms with Gasteiger partial charge in [-0.3, -0.25) is 4.79 Å². The maximum absolute atomic E-state index is 12.1. The highest BCUT2D eigenvalue weighted by atomic mass is 16.4. The number of carboxylic acid groups (broad SMARTS) is 1. The van der Waals surface area contributed by atoms with Crippen LogP contribution in [0.25, 0.3) is 0 Å². The van der Waals surface area contributed by atoms with Gasteiger partial charge in [-0.15, -0.1) is 0 Å². The molecule has 0 heterocycles. The molecule has 2 aromatic rings. The summed E-state index contributed by atoms with van der Waals surface area (Å²) >= 11 is 0. The molecule has 0 unspecified atom stereocenters. The van der Waals surface area contributed by atoms with E-state index in [1.165, 1.54) is 0 Å². The van der Waals surface area contributed by atoms with E-state index < -0.39 is 5.97 Å². The van der Waals surface area contributed by atoms with Gasteiger partial charge in [-0.05, 0) is 30.0 Å². The highest BCUT2D eigenvalue weighted by Crippen LogP contribution is 2.23. The summed E-state index contributed by atoms with van der Waals surface area (Å²) in [6, 6.07) is 18.2. The SMILES string of the molecule is O=C([O-])C[C@@H](CC(=O)Nc1ccccc1)c1ccccc1. The molecule has 0 aliphatic carbocycles. The number of carbonyl (C=O) groups excluding carboxylic acids is 2. The van der Waals surface area contributed by atoms with Gasteiger partial charge >= 0.3 is 0 Å². The Kier molecular flexibility index (Phi) is 5.10. The minimum Gasteiger partial charge on any atom is -0.550 e. The maximum atomic E-state index is 12.1. The zero-order valence-corrected chi connectivity index (χ0v) is 11.5. The van der Waals surface area contributed by atoms with Crippen LogP contribution in [-0.4, -0.2) is 11.9 Å². The molecule has 0 aliphatic heterocycles. The van der Waals surface area contributed by atoms with Gasteiger partial charge in [0.05, 0.1) is 0 Å². The number of benzene rings is 2. The Morgan fingerprint density at radius 2 is 1.48 bits per heavy atom. The van der Waals surface area contributed by atoms with Crippen LogP contribution in [0.1, 0.15) is 24.3 Å². The monoisotopic (exact) mass is 282 g/mol. The van der Waals surface area contributed by atoms with Gasteiger partial charge in [-0.25, -0.2) is 0 Å². The largest absolute Gasteiger partial charge is 0.550 e. The van der Waals surface area contributed by atoms with E-state index in [0.717, 1.165) is 5.56 Å². The normalized spacial score (nSPS) is 11.6. The molecule has 0 aliphatic rings. The molecule has 0 spiro atoms. The molecule has 0 aromatic heterocycles. The summed E-state index contributed by atoms with van der Waals surface area (Å²) in [6.07, 6.45) is -0.0703. The van der Waals surface area contributed by atoms with Crippen molar-refractivity contribution in [3.8, 4) is 0 Å². The van der Waals surface area contributed by atoms with Crippen molar-refractivity contribution in [3.05, 3.63) is 66.2 Å². The fourth-order valence-corrected chi connectivity index (χ4v) is 2.19. The first-order valence-corrected chi connectivity index (χ1v) is 6.75. The second-order valence-corrected chi connectivity index (χ2v) is 4.80. The number of aliphatic carboxylic acids is 1. The number of anilines is 1. The Labute approximate surface area is 123 Å². The van der Waals surface area contributed by atoms with Gasteiger partial charge in [0.1, 0.15) is 0 Å². The lowest BCUT2D eigenvalue weighted by Gasteiger charge is -2.17. The Bertz CT molecular complexity index is 596. The first-order valence-electron chi connectivity index (χ1n) is 6.75. The summed E-state index contributed by atoms with van der Waals surface area (Å²) in [6.45, 7) is 0. The molecule has 1 amide bonds. The maximum Gasteiger partial charge on any atom is 0.224 e. The molecule has 21 heavy (non-hydrogen) atoms. The van der Waals surface area contributed by atoms with Gasteiger partial charge < -0.3 is 15.2 Å². The molecule has 0 bridgehead atoms. The summed E-state index contributed by atoms with van der Waals surface area (Å²) in [5.74, 6) is -1.76. The molecule has 2 aromatic carbocycles. The lowest BCUT2D eigenvalue weighted by molar-refractivity contribution is -0.306. The standard InChI is InChI=1S/C17H17NO3/c19-16(18-15-9-5-2-6-10-15)11-14(12-17(20)21)13-7-3-1-4-8-13/h1-10,14H,11-12H2,(H,18,19)(H,20,21)/p-1/t14-/m1/s1. The van der Waals surface area contributed by atoms with Crippen molar-refractivity contribution in [3.63, 3.8) is 0 Å². The molecular formula is C17H16NO3-. The van der Waals surface area contributed by atoms with Gasteiger partial charge in [-0.1, -0.05) is 48.5 Å². The molecule has 0 saturated carbocycles. The highest BCUT2D eigenvalue weighted by Gasteiger charge is 2.16. The summed E-state index contributed by atoms with van der Waals surface area (Å²) in [5.41, 5.74) is 1.52. The summed E-state index contributed by atoms with van der Waals surface area (Å²) in [4.78, 5) is 22.9. The number of rotatable bonds is 6. The van der Waals surface area contributed by atoms with Crippen LogP contribution in [0.15, 0.2) is 60.7 Å². The topological polar surface area (TPSA) is 69.2 Å². The molecule has 108 valence electrons. The fraction of sp³-hybridized carbons (Fsp3) is 0.176. The van der Waals surface area contributed by atoms with Crippen LogP contribution in [0.5, 0.6) is 0 Å². The number of nitrogens with one attached hydrogen (secondary N) is 1. The number of hydrogen-bond donors (Lipinski definition) is 1. The quantitative estimate of drug-likeness (QED) is 0.880. The van der Waals surface area contributed by atoms with Crippen LogP contribution in [0.2, 0.25) is 0 Å². The number of hydrogen-bond acceptors (Lipinski definition) is 3. The van der Waals surface area contributed by atoms with E-state index in [2.05, 4.69) is 5.32 Å². The highest BCUT2D eigenvalue weighted by molar-refractivity contribution is 5.91. The smallest absolute Gasteiger partial charge is 0.224 e. The fourth-order valence-electron chi connectivity index (χ4n) is 2.19. The third kappa shape index (κ3) is 4.76. The van der Waals surface area contributed by atoms with Crippen LogP contribution in [0.4, 0.5) is 5.69 Å². The minimum absolute atomic E-state index is 0.104. The molecule has 0 saturated heterocycles. The molecule has 0 fully saturated rings. The van der Waals surface area contributed by atoms with Gasteiger partial charge in [0.25, 0.3) is 0 Å². The lowest BCUT2D eigenvalue weighted by Crippen LogP contribution is -2.26. The Hall–Kier alpha value is -2.62. The first kappa shape index (κ1) is 14.8. The zero-order valence-electron chi connectivity index (χ0n) is 11.5. The average molecular weight is 282 g/mol. The van der Waals surface area contributed by atoms with Gasteiger partial charge in [0.2, 0.25) is 5.91 Å². The van der Waals surface area contributed by atoms with Gasteiger partial charge in [0.15, 0.2) is 0 Å². The third-order valence-electron chi connectivity index (χ3n) is 3.17. The van der Waals surface area contributed by atoms with Crippen molar-refractivity contribution in [1.29, 1.82) is 0 Å². The third-order valence-corrected chi connectivity index (χ3v) is 3.17. The Morgan fingerprint density at radius 1 is 0.905 bits per heavy atom. The van der Waals surface area contributed by atoms with E-state index in [0.29, 0.717) is 5.69 Å². The second-order valence-electron chi connectivity index (χ2n) is 4.80. The van der Waals surface area contributed by atoms with Crippen LogP contribution in [0.3, 0.4) is 0 Å². The van der Waals surface area contributed by atoms with E-state index in [-0.39, 0.29) is 24.7 Å². The van der Waals surface area contributed by atoms with E-state index in [9.17, 15) is 14.7 Å². The summed E-state index contributed by atoms with van der Waals surface area (Å²) in [5, 5.41) is 13.6. The second kappa shape index (κ2) is 7.24. The van der Waals surface area contributed by atoms with Crippen LogP contribution in [-0.2, 0) is 9.59 Å². The predicted molar refractivity (Wildman–Crippen MR) is 78.5 cm³/mol. The van der Waals surface area contributed by atoms with E-state index in [1.807, 2.05) is 48.5 Å². The van der Waals surface area contributed by atoms with Gasteiger partial charge in [0, 0.05) is 18.1 Å². The van der Waals surface area contributed by atoms with E-state index in [1.54, 1.807) is 12.1 Å². The number of carboxylic acids is 1. The number of carbonyl (C=O) groups is 2. The molecule has 2 rings (SSSR count). The van der Waals surface area contributed by atoms with Crippen molar-refractivity contribution >= 4 is 17.6 Å². The van der Waals surface area contributed by atoms with Crippen LogP contribution >= 0.6 is 0 Å². The average Bonchev–Trinajstić information content (AvgIpc) is 2.48. The Morgan fingerprint density at radius 3 is 2.05 bits per heavy atom. The van der Waals surface area contributed by atoms with E-state index in [4.69, 9.17) is 0 Å². The van der Waals surface area contributed by atoms with Crippen LogP contribution < -0.4 is 10.4 Å². The lowest BCUT2D eigenvalue weighted by atomic mass is 9.92. The van der Waals surface area contributed by atoms with Crippen molar-refractivity contribution in [2.24, 2.45) is 0 Å². The number of amides is 1. The van der Waals surface area contributed by atoms with Crippen molar-refractivity contribution in [1.82, 2.24) is 0 Å². The summed E-state index contributed by atoms with van der Waals surface area (Å²) in [7, 11) is 0. The van der Waals surface area contributed by atoms with Crippen molar-refractivity contribution in [2.75, 3.05) is 5.32 Å². The minimum atomic E-state index is -1.16. The first-order chi connectivity index (χ1) is 10.1. The molecule has 1 atom stereocenters. The van der Waals surface area contributed by atoms with Crippen molar-refractivity contribution < 1.29 is 14.7 Å². The zero-order chi connectivity index (χ0) is 15.1. The molecular weight excluding hydrogens is 266 g/mol. The Balaban J connectivity index is 2.05.